The number of pyridine rings is 1. The van der Waals surface area contributed by atoms with Gasteiger partial charge in [0.05, 0.1) is 18.4 Å². The Bertz CT molecular complexity index is 665. The first-order valence-electron chi connectivity index (χ1n) is 8.69. The van der Waals surface area contributed by atoms with Gasteiger partial charge >= 0.3 is 0 Å². The molecule has 1 atom stereocenters. The zero-order valence-corrected chi connectivity index (χ0v) is 14.9. The molecule has 4 rings (SSSR count). The van der Waals surface area contributed by atoms with Crippen LogP contribution in [0, 0.1) is 6.92 Å². The minimum absolute atomic E-state index is 0.0226. The number of thiophene rings is 1. The fraction of sp³-hybridized carbons (Fsp3) is 0.526. The van der Waals surface area contributed by atoms with Crippen LogP contribution in [0.25, 0.3) is 0 Å². The van der Waals surface area contributed by atoms with Gasteiger partial charge in [-0.15, -0.1) is 11.3 Å². The molecular weight excluding hydrogens is 320 g/mol. The Morgan fingerprint density at radius 2 is 2.21 bits per heavy atom. The van der Waals surface area contributed by atoms with Crippen LogP contribution in [-0.2, 0) is 11.3 Å². The summed E-state index contributed by atoms with van der Waals surface area (Å²) in [6.45, 7) is 6.16. The number of aromatic nitrogens is 1. The normalized spacial score (nSPS) is 23.6. The molecule has 2 aliphatic rings. The highest BCUT2D eigenvalue weighted by Gasteiger charge is 2.43. The molecule has 2 aromatic rings. The second-order valence-electron chi connectivity index (χ2n) is 6.92. The maximum Gasteiger partial charge on any atom is 0.138 e. The Morgan fingerprint density at radius 3 is 2.92 bits per heavy atom. The van der Waals surface area contributed by atoms with Gasteiger partial charge in [0.2, 0.25) is 0 Å². The van der Waals surface area contributed by atoms with Crippen molar-refractivity contribution >= 4 is 11.3 Å². The van der Waals surface area contributed by atoms with Crippen LogP contribution >= 0.6 is 11.3 Å². The van der Waals surface area contributed by atoms with E-state index >= 15 is 0 Å². The predicted molar refractivity (Wildman–Crippen MR) is 95.5 cm³/mol. The molecule has 0 N–H and O–H groups in total. The summed E-state index contributed by atoms with van der Waals surface area (Å²) in [5.74, 6) is 0.841. The maximum atomic E-state index is 6.20. The lowest BCUT2D eigenvalue weighted by Gasteiger charge is -2.38. The largest absolute Gasteiger partial charge is 0.486 e. The van der Waals surface area contributed by atoms with E-state index in [0.29, 0.717) is 6.61 Å². The summed E-state index contributed by atoms with van der Waals surface area (Å²) in [6, 6.07) is 8.34. The number of piperidine rings is 1. The van der Waals surface area contributed by atoms with Crippen LogP contribution in [0.4, 0.5) is 0 Å². The summed E-state index contributed by atoms with van der Waals surface area (Å²) in [4.78, 5) is 9.52. The van der Waals surface area contributed by atoms with Crippen molar-refractivity contribution in [3.63, 3.8) is 0 Å². The number of rotatable bonds is 4. The maximum absolute atomic E-state index is 6.20. The van der Waals surface area contributed by atoms with Gasteiger partial charge in [0.15, 0.2) is 0 Å². The monoisotopic (exact) mass is 344 g/mol. The van der Waals surface area contributed by atoms with Crippen molar-refractivity contribution in [3.8, 4) is 5.75 Å². The summed E-state index contributed by atoms with van der Waals surface area (Å²) in [5.41, 5.74) is 0.0226. The van der Waals surface area contributed by atoms with Gasteiger partial charge in [-0.3, -0.25) is 9.88 Å². The van der Waals surface area contributed by atoms with E-state index in [0.717, 1.165) is 44.6 Å². The molecule has 0 aromatic carbocycles. The number of ether oxygens (including phenoxy) is 2. The van der Waals surface area contributed by atoms with Gasteiger partial charge < -0.3 is 9.47 Å². The lowest BCUT2D eigenvalue weighted by Crippen LogP contribution is -2.43. The molecule has 4 nitrogen and oxygen atoms in total. The Labute approximate surface area is 147 Å². The molecule has 0 unspecified atom stereocenters. The minimum Gasteiger partial charge on any atom is -0.486 e. The highest BCUT2D eigenvalue weighted by atomic mass is 32.1. The molecule has 4 heterocycles. The van der Waals surface area contributed by atoms with Gasteiger partial charge in [-0.05, 0) is 44.0 Å². The molecule has 2 aromatic heterocycles. The number of hydrogen-bond donors (Lipinski definition) is 0. The molecule has 2 aliphatic heterocycles. The van der Waals surface area contributed by atoms with Crippen molar-refractivity contribution in [3.05, 3.63) is 46.4 Å². The average molecular weight is 344 g/mol. The van der Waals surface area contributed by atoms with E-state index in [9.17, 15) is 0 Å². The van der Waals surface area contributed by atoms with Crippen LogP contribution in [0.2, 0.25) is 0 Å². The first kappa shape index (κ1) is 16.1. The SMILES string of the molecule is Cc1ccc(CN2CCC3(CC2)C[C@H](Oc2cccnc2)CO3)s1. The molecule has 2 fully saturated rings. The third-order valence-electron chi connectivity index (χ3n) is 5.05. The first-order valence-corrected chi connectivity index (χ1v) is 9.51. The number of aryl methyl sites for hydroxylation is 1. The predicted octanol–water partition coefficient (Wildman–Crippen LogP) is 3.65. The zero-order chi connectivity index (χ0) is 16.4. The first-order chi connectivity index (χ1) is 11.7. The number of nitrogens with zero attached hydrogens (tertiary/aromatic N) is 2. The lowest BCUT2D eigenvalue weighted by atomic mass is 9.88. The van der Waals surface area contributed by atoms with Crippen molar-refractivity contribution in [1.82, 2.24) is 9.88 Å². The average Bonchev–Trinajstić information content (AvgIpc) is 3.18. The van der Waals surface area contributed by atoms with E-state index in [1.807, 2.05) is 23.5 Å². The van der Waals surface area contributed by atoms with Crippen LogP contribution in [0.15, 0.2) is 36.7 Å². The van der Waals surface area contributed by atoms with Crippen LogP contribution in [0.3, 0.4) is 0 Å². The summed E-state index contributed by atoms with van der Waals surface area (Å²) in [5, 5.41) is 0. The van der Waals surface area contributed by atoms with Crippen molar-refractivity contribution in [1.29, 1.82) is 0 Å². The molecule has 2 saturated heterocycles. The summed E-state index contributed by atoms with van der Waals surface area (Å²) < 4.78 is 12.2. The van der Waals surface area contributed by atoms with Crippen LogP contribution in [0.1, 0.15) is 29.0 Å². The van der Waals surface area contributed by atoms with Gasteiger partial charge in [0.25, 0.3) is 0 Å². The Hall–Kier alpha value is -1.43. The summed E-state index contributed by atoms with van der Waals surface area (Å²) in [6.07, 6.45) is 6.89. The Kier molecular flexibility index (Phi) is 4.57. The number of hydrogen-bond acceptors (Lipinski definition) is 5. The van der Waals surface area contributed by atoms with E-state index in [1.165, 1.54) is 9.75 Å². The van der Waals surface area contributed by atoms with E-state index in [-0.39, 0.29) is 11.7 Å². The highest BCUT2D eigenvalue weighted by Crippen LogP contribution is 2.37. The Balaban J connectivity index is 1.29. The molecule has 128 valence electrons. The highest BCUT2D eigenvalue weighted by molar-refractivity contribution is 7.11. The number of likely N-dealkylation sites (tertiary alicyclic amines) is 1. The molecule has 0 bridgehead atoms. The molecule has 5 heteroatoms. The minimum atomic E-state index is 0.0226. The molecule has 0 aliphatic carbocycles. The van der Waals surface area contributed by atoms with Gasteiger partial charge in [-0.25, -0.2) is 0 Å². The second-order valence-corrected chi connectivity index (χ2v) is 8.29. The van der Waals surface area contributed by atoms with Crippen LogP contribution in [0.5, 0.6) is 5.75 Å². The molecule has 1 spiro atoms. The Morgan fingerprint density at radius 1 is 1.33 bits per heavy atom. The summed E-state index contributed by atoms with van der Waals surface area (Å²) in [7, 11) is 0. The molecular formula is C19H24N2O2S. The van der Waals surface area contributed by atoms with Crippen molar-refractivity contribution in [2.24, 2.45) is 0 Å². The second kappa shape index (κ2) is 6.82. The van der Waals surface area contributed by atoms with Crippen LogP contribution < -0.4 is 4.74 Å². The molecule has 24 heavy (non-hydrogen) atoms. The smallest absolute Gasteiger partial charge is 0.138 e. The van der Waals surface area contributed by atoms with E-state index < -0.39 is 0 Å². The topological polar surface area (TPSA) is 34.6 Å². The molecule has 0 amide bonds. The van der Waals surface area contributed by atoms with Crippen molar-refractivity contribution < 1.29 is 9.47 Å². The third-order valence-corrected chi connectivity index (χ3v) is 6.04. The molecule has 0 radical (unpaired) electrons. The van der Waals surface area contributed by atoms with Gasteiger partial charge in [-0.2, -0.15) is 0 Å². The lowest BCUT2D eigenvalue weighted by molar-refractivity contribution is -0.0453. The van der Waals surface area contributed by atoms with Crippen molar-refractivity contribution in [2.75, 3.05) is 19.7 Å². The van der Waals surface area contributed by atoms with E-state index in [4.69, 9.17) is 9.47 Å². The fourth-order valence-electron chi connectivity index (χ4n) is 3.75. The van der Waals surface area contributed by atoms with Crippen LogP contribution in [-0.4, -0.2) is 41.3 Å². The van der Waals surface area contributed by atoms with E-state index in [2.05, 4.69) is 28.9 Å². The summed E-state index contributed by atoms with van der Waals surface area (Å²) >= 11 is 1.91. The quantitative estimate of drug-likeness (QED) is 0.848. The zero-order valence-electron chi connectivity index (χ0n) is 14.1. The third kappa shape index (κ3) is 3.63. The molecule has 0 saturated carbocycles. The van der Waals surface area contributed by atoms with Gasteiger partial charge in [-0.1, -0.05) is 0 Å². The van der Waals surface area contributed by atoms with E-state index in [1.54, 1.807) is 12.4 Å². The van der Waals surface area contributed by atoms with Crippen molar-refractivity contribution in [2.45, 2.75) is 44.4 Å². The van der Waals surface area contributed by atoms with Gasteiger partial charge in [0.1, 0.15) is 11.9 Å². The fourth-order valence-corrected chi connectivity index (χ4v) is 4.68. The van der Waals surface area contributed by atoms with Gasteiger partial charge in [0, 0.05) is 42.0 Å². The standard InChI is InChI=1S/C19H24N2O2S/c1-15-4-5-18(24-15)13-21-9-6-19(7-10-21)11-17(14-22-19)23-16-3-2-8-20-12-16/h2-5,8,12,17H,6-7,9-11,13-14H2,1H3/t17-/m0/s1.